The first-order valence-corrected chi connectivity index (χ1v) is 10.9. The Hall–Kier alpha value is -2.15. The van der Waals surface area contributed by atoms with Gasteiger partial charge in [-0.3, -0.25) is 9.59 Å². The predicted octanol–water partition coefficient (Wildman–Crippen LogP) is 2.49. The van der Waals surface area contributed by atoms with Gasteiger partial charge >= 0.3 is 0 Å². The van der Waals surface area contributed by atoms with Crippen LogP contribution in [0.15, 0.2) is 18.3 Å². The molecule has 0 bridgehead atoms. The highest BCUT2D eigenvalue weighted by atomic mass is 16.2. The van der Waals surface area contributed by atoms with Gasteiger partial charge in [0.15, 0.2) is 0 Å². The van der Waals surface area contributed by atoms with Crippen molar-refractivity contribution in [3.63, 3.8) is 0 Å². The minimum Gasteiger partial charge on any atom is -0.354 e. The number of piperazine rings is 1. The van der Waals surface area contributed by atoms with E-state index in [-0.39, 0.29) is 23.7 Å². The molecule has 0 unspecified atom stereocenters. The van der Waals surface area contributed by atoms with Crippen molar-refractivity contribution in [2.45, 2.75) is 52.0 Å². The fourth-order valence-electron chi connectivity index (χ4n) is 4.07. The molecule has 160 valence electrons. The lowest BCUT2D eigenvalue weighted by molar-refractivity contribution is -0.130. The molecule has 2 fully saturated rings. The Morgan fingerprint density at radius 2 is 1.76 bits per heavy atom. The van der Waals surface area contributed by atoms with E-state index in [1.807, 2.05) is 26.0 Å². The molecule has 0 spiro atoms. The zero-order valence-electron chi connectivity index (χ0n) is 18.0. The molecule has 3 rings (SSSR count). The number of likely N-dealkylation sites (N-methyl/N-ethyl adjacent to an activating group) is 1. The third kappa shape index (κ3) is 5.92. The topological polar surface area (TPSA) is 77.6 Å². The van der Waals surface area contributed by atoms with Gasteiger partial charge in [-0.15, -0.1) is 0 Å². The molecular formula is C22H35N5O2. The van der Waals surface area contributed by atoms with Gasteiger partial charge in [0.05, 0.1) is 11.9 Å². The van der Waals surface area contributed by atoms with Gasteiger partial charge in [-0.25, -0.2) is 4.98 Å². The molecule has 2 heterocycles. The summed E-state index contributed by atoms with van der Waals surface area (Å²) in [5.41, 5.74) is 0.658. The summed E-state index contributed by atoms with van der Waals surface area (Å²) in [5, 5.41) is 5.92. The molecule has 7 nitrogen and oxygen atoms in total. The normalized spacial score (nSPS) is 19.8. The highest BCUT2D eigenvalue weighted by Gasteiger charge is 2.28. The van der Waals surface area contributed by atoms with Crippen LogP contribution in [0.3, 0.4) is 0 Å². The highest BCUT2D eigenvalue weighted by molar-refractivity contribution is 5.97. The molecule has 0 aromatic carbocycles. The first kappa shape index (κ1) is 21.6. The Morgan fingerprint density at radius 3 is 2.34 bits per heavy atom. The second-order valence-electron chi connectivity index (χ2n) is 8.75. The summed E-state index contributed by atoms with van der Waals surface area (Å²) >= 11 is 0. The zero-order valence-corrected chi connectivity index (χ0v) is 18.0. The molecule has 2 N–H and O–H groups in total. The van der Waals surface area contributed by atoms with Crippen molar-refractivity contribution in [2.75, 3.05) is 43.4 Å². The van der Waals surface area contributed by atoms with Crippen molar-refractivity contribution >= 4 is 23.3 Å². The van der Waals surface area contributed by atoms with E-state index >= 15 is 0 Å². The average Bonchev–Trinajstić information content (AvgIpc) is 2.73. The van der Waals surface area contributed by atoms with E-state index in [0.29, 0.717) is 5.69 Å². The van der Waals surface area contributed by atoms with Crippen LogP contribution >= 0.6 is 0 Å². The number of carbonyl (C=O) groups excluding carboxylic acids is 2. The molecule has 2 aliphatic rings. The monoisotopic (exact) mass is 401 g/mol. The maximum atomic E-state index is 12.8. The molecule has 2 amide bonds. The van der Waals surface area contributed by atoms with Gasteiger partial charge in [-0.05, 0) is 37.9 Å². The SMILES string of the molecule is CC(C)[C@H](NC(=O)C1CCCCC1)C(=O)Nc1ccc(N2CCN(C)CC2)nc1. The van der Waals surface area contributed by atoms with E-state index in [0.717, 1.165) is 57.7 Å². The standard InChI is InChI=1S/C22H35N5O2/c1-16(2)20(25-21(28)17-7-5-4-6-8-17)22(29)24-18-9-10-19(23-15-18)27-13-11-26(3)12-14-27/h9-10,15-17,20H,4-8,11-14H2,1-3H3,(H,24,29)(H,25,28)/t20-/m0/s1. The number of nitrogens with zero attached hydrogens (tertiary/aromatic N) is 3. The number of amides is 2. The Morgan fingerprint density at radius 1 is 1.07 bits per heavy atom. The van der Waals surface area contributed by atoms with Crippen LogP contribution in [0.2, 0.25) is 0 Å². The Labute approximate surface area is 174 Å². The first-order valence-electron chi connectivity index (χ1n) is 10.9. The highest BCUT2D eigenvalue weighted by Crippen LogP contribution is 2.24. The Kier molecular flexibility index (Phi) is 7.47. The third-order valence-electron chi connectivity index (χ3n) is 6.07. The molecule has 1 aromatic heterocycles. The first-order chi connectivity index (χ1) is 13.9. The lowest BCUT2D eigenvalue weighted by Gasteiger charge is -2.33. The maximum absolute atomic E-state index is 12.8. The second-order valence-corrected chi connectivity index (χ2v) is 8.75. The number of aromatic nitrogens is 1. The van der Waals surface area contributed by atoms with Gasteiger partial charge in [-0.2, -0.15) is 0 Å². The molecule has 1 saturated heterocycles. The quantitative estimate of drug-likeness (QED) is 0.766. The molecule has 29 heavy (non-hydrogen) atoms. The van der Waals surface area contributed by atoms with E-state index in [1.54, 1.807) is 6.20 Å². The summed E-state index contributed by atoms with van der Waals surface area (Å²) < 4.78 is 0. The molecule has 1 saturated carbocycles. The van der Waals surface area contributed by atoms with Gasteiger partial charge in [0.1, 0.15) is 11.9 Å². The number of pyridine rings is 1. The van der Waals surface area contributed by atoms with Gasteiger partial charge < -0.3 is 20.4 Å². The summed E-state index contributed by atoms with van der Waals surface area (Å²) in [5.74, 6) is 0.824. The average molecular weight is 402 g/mol. The van der Waals surface area contributed by atoms with Crippen LogP contribution in [0, 0.1) is 11.8 Å². The number of nitrogens with one attached hydrogen (secondary N) is 2. The largest absolute Gasteiger partial charge is 0.354 e. The fraction of sp³-hybridized carbons (Fsp3) is 0.682. The fourth-order valence-corrected chi connectivity index (χ4v) is 4.07. The van der Waals surface area contributed by atoms with Crippen molar-refractivity contribution in [1.82, 2.24) is 15.2 Å². The number of rotatable bonds is 6. The molecule has 1 aromatic rings. The lowest BCUT2D eigenvalue weighted by Crippen LogP contribution is -2.49. The zero-order chi connectivity index (χ0) is 20.8. The molecule has 1 atom stereocenters. The van der Waals surface area contributed by atoms with E-state index in [1.165, 1.54) is 6.42 Å². The molecule has 1 aliphatic carbocycles. The van der Waals surface area contributed by atoms with E-state index < -0.39 is 6.04 Å². The molecular weight excluding hydrogens is 366 g/mol. The third-order valence-corrected chi connectivity index (χ3v) is 6.07. The van der Waals surface area contributed by atoms with Crippen molar-refractivity contribution in [3.05, 3.63) is 18.3 Å². The van der Waals surface area contributed by atoms with Gasteiger partial charge in [0.2, 0.25) is 11.8 Å². The van der Waals surface area contributed by atoms with Crippen LogP contribution in [0.4, 0.5) is 11.5 Å². The second kappa shape index (κ2) is 10.1. The summed E-state index contributed by atoms with van der Waals surface area (Å²) in [6.45, 7) is 7.88. The van der Waals surface area contributed by atoms with Gasteiger partial charge in [-0.1, -0.05) is 33.1 Å². The lowest BCUT2D eigenvalue weighted by atomic mass is 9.88. The van der Waals surface area contributed by atoms with E-state index in [4.69, 9.17) is 0 Å². The van der Waals surface area contributed by atoms with Crippen LogP contribution < -0.4 is 15.5 Å². The molecule has 1 aliphatic heterocycles. The maximum Gasteiger partial charge on any atom is 0.247 e. The summed E-state index contributed by atoms with van der Waals surface area (Å²) in [6.07, 6.45) is 6.96. The van der Waals surface area contributed by atoms with Crippen molar-refractivity contribution < 1.29 is 9.59 Å². The van der Waals surface area contributed by atoms with Crippen LogP contribution in [-0.2, 0) is 9.59 Å². The van der Waals surface area contributed by atoms with E-state index in [2.05, 4.69) is 32.5 Å². The van der Waals surface area contributed by atoms with Crippen molar-refractivity contribution in [2.24, 2.45) is 11.8 Å². The van der Waals surface area contributed by atoms with Gasteiger partial charge in [0, 0.05) is 32.1 Å². The van der Waals surface area contributed by atoms with Crippen LogP contribution in [0.1, 0.15) is 46.0 Å². The Balaban J connectivity index is 1.57. The number of carbonyl (C=O) groups is 2. The summed E-state index contributed by atoms with van der Waals surface area (Å²) in [7, 11) is 2.13. The van der Waals surface area contributed by atoms with E-state index in [9.17, 15) is 9.59 Å². The molecule has 7 heteroatoms. The van der Waals surface area contributed by atoms with Crippen molar-refractivity contribution in [3.8, 4) is 0 Å². The minimum atomic E-state index is -0.540. The molecule has 0 radical (unpaired) electrons. The smallest absolute Gasteiger partial charge is 0.247 e. The minimum absolute atomic E-state index is 0.0140. The number of hydrogen-bond donors (Lipinski definition) is 2. The Bertz CT molecular complexity index is 677. The predicted molar refractivity (Wildman–Crippen MR) is 116 cm³/mol. The van der Waals surface area contributed by atoms with Crippen molar-refractivity contribution in [1.29, 1.82) is 0 Å². The summed E-state index contributed by atoms with van der Waals surface area (Å²) in [6, 6.07) is 3.30. The number of anilines is 2. The number of hydrogen-bond acceptors (Lipinski definition) is 5. The van der Waals surface area contributed by atoms with Crippen LogP contribution in [-0.4, -0.2) is 61.0 Å². The van der Waals surface area contributed by atoms with Crippen LogP contribution in [0.25, 0.3) is 0 Å². The summed E-state index contributed by atoms with van der Waals surface area (Å²) in [4.78, 5) is 34.5. The van der Waals surface area contributed by atoms with Gasteiger partial charge in [0.25, 0.3) is 0 Å². The van der Waals surface area contributed by atoms with Crippen LogP contribution in [0.5, 0.6) is 0 Å².